The summed E-state index contributed by atoms with van der Waals surface area (Å²) in [7, 11) is 0. The lowest BCUT2D eigenvalue weighted by molar-refractivity contribution is 0.0747. The van der Waals surface area contributed by atoms with E-state index in [0.717, 1.165) is 55.2 Å². The summed E-state index contributed by atoms with van der Waals surface area (Å²) in [6.45, 7) is 8.03. The SMILES string of the molecule is Cc1cc(C)n(Cc2ccc(C(=O)N3CCN(c4ccccc4)CC3)cc2)n1. The number of piperazine rings is 1. The molecule has 1 amide bonds. The Morgan fingerprint density at radius 1 is 0.929 bits per heavy atom. The predicted octanol–water partition coefficient (Wildman–Crippen LogP) is 3.51. The number of aryl methyl sites for hydroxylation is 2. The van der Waals surface area contributed by atoms with Gasteiger partial charge in [0.25, 0.3) is 5.91 Å². The molecule has 3 aromatic rings. The van der Waals surface area contributed by atoms with Gasteiger partial charge in [-0.25, -0.2) is 0 Å². The summed E-state index contributed by atoms with van der Waals surface area (Å²) in [4.78, 5) is 17.1. The van der Waals surface area contributed by atoms with Crippen LogP contribution in [-0.2, 0) is 6.54 Å². The average Bonchev–Trinajstić information content (AvgIpc) is 3.05. The Kier molecular flexibility index (Phi) is 5.15. The fourth-order valence-corrected chi connectivity index (χ4v) is 3.75. The van der Waals surface area contributed by atoms with Gasteiger partial charge in [0.2, 0.25) is 0 Å². The molecule has 1 aromatic heterocycles. The van der Waals surface area contributed by atoms with E-state index in [1.807, 2.05) is 46.8 Å². The molecule has 5 nitrogen and oxygen atoms in total. The third kappa shape index (κ3) is 3.93. The molecule has 1 saturated heterocycles. The standard InChI is InChI=1S/C23H26N4O/c1-18-16-19(2)27(24-18)17-20-8-10-21(11-9-20)23(28)26-14-12-25(13-15-26)22-6-4-3-5-7-22/h3-11,16H,12-15,17H2,1-2H3. The minimum absolute atomic E-state index is 0.116. The number of carbonyl (C=O) groups excluding carboxylic acids is 1. The zero-order valence-electron chi connectivity index (χ0n) is 16.5. The highest BCUT2D eigenvalue weighted by Gasteiger charge is 2.22. The highest BCUT2D eigenvalue weighted by atomic mass is 16.2. The van der Waals surface area contributed by atoms with Crippen molar-refractivity contribution in [3.63, 3.8) is 0 Å². The molecule has 1 fully saturated rings. The van der Waals surface area contributed by atoms with Crippen LogP contribution >= 0.6 is 0 Å². The summed E-state index contributed by atoms with van der Waals surface area (Å²) in [5.41, 5.74) is 5.30. The molecule has 2 heterocycles. The number of rotatable bonds is 4. The zero-order valence-corrected chi connectivity index (χ0v) is 16.5. The maximum atomic E-state index is 12.9. The van der Waals surface area contributed by atoms with Crippen LogP contribution in [0.25, 0.3) is 0 Å². The lowest BCUT2D eigenvalue weighted by atomic mass is 10.1. The van der Waals surface area contributed by atoms with Gasteiger partial charge in [-0.15, -0.1) is 0 Å². The predicted molar refractivity (Wildman–Crippen MR) is 112 cm³/mol. The van der Waals surface area contributed by atoms with Crippen LogP contribution in [0.5, 0.6) is 0 Å². The maximum Gasteiger partial charge on any atom is 0.253 e. The number of aromatic nitrogens is 2. The molecule has 0 radical (unpaired) electrons. The van der Waals surface area contributed by atoms with E-state index in [0.29, 0.717) is 0 Å². The van der Waals surface area contributed by atoms with Crippen LogP contribution in [0, 0.1) is 13.8 Å². The van der Waals surface area contributed by atoms with Crippen molar-refractivity contribution in [2.24, 2.45) is 0 Å². The normalized spacial score (nSPS) is 14.4. The van der Waals surface area contributed by atoms with E-state index in [1.165, 1.54) is 5.69 Å². The summed E-state index contributed by atoms with van der Waals surface area (Å²) in [5.74, 6) is 0.116. The number of hydrogen-bond acceptors (Lipinski definition) is 3. The molecule has 0 unspecified atom stereocenters. The van der Waals surface area contributed by atoms with Gasteiger partial charge in [-0.05, 0) is 49.7 Å². The Morgan fingerprint density at radius 2 is 1.61 bits per heavy atom. The lowest BCUT2D eigenvalue weighted by Crippen LogP contribution is -2.48. The molecule has 28 heavy (non-hydrogen) atoms. The van der Waals surface area contributed by atoms with Crippen molar-refractivity contribution in [2.45, 2.75) is 20.4 Å². The van der Waals surface area contributed by atoms with Crippen molar-refractivity contribution < 1.29 is 4.79 Å². The van der Waals surface area contributed by atoms with E-state index in [-0.39, 0.29) is 5.91 Å². The van der Waals surface area contributed by atoms with Gasteiger partial charge in [-0.3, -0.25) is 9.48 Å². The summed E-state index contributed by atoms with van der Waals surface area (Å²) in [6.07, 6.45) is 0. The molecule has 5 heteroatoms. The zero-order chi connectivity index (χ0) is 19.5. The van der Waals surface area contributed by atoms with Crippen molar-refractivity contribution in [3.05, 3.63) is 83.2 Å². The number of para-hydroxylation sites is 1. The first kappa shape index (κ1) is 18.3. The number of carbonyl (C=O) groups is 1. The van der Waals surface area contributed by atoms with Gasteiger partial charge in [0, 0.05) is 43.1 Å². The molecule has 4 rings (SSSR count). The van der Waals surface area contributed by atoms with Crippen LogP contribution in [0.15, 0.2) is 60.7 Å². The molecule has 0 atom stereocenters. The topological polar surface area (TPSA) is 41.4 Å². The van der Waals surface area contributed by atoms with Crippen molar-refractivity contribution >= 4 is 11.6 Å². The van der Waals surface area contributed by atoms with Gasteiger partial charge in [-0.1, -0.05) is 30.3 Å². The van der Waals surface area contributed by atoms with Gasteiger partial charge in [0.1, 0.15) is 0 Å². The largest absolute Gasteiger partial charge is 0.368 e. The van der Waals surface area contributed by atoms with Crippen LogP contribution < -0.4 is 4.90 Å². The number of anilines is 1. The van der Waals surface area contributed by atoms with E-state index in [9.17, 15) is 4.79 Å². The highest BCUT2D eigenvalue weighted by Crippen LogP contribution is 2.17. The number of nitrogens with zero attached hydrogens (tertiary/aromatic N) is 4. The van der Waals surface area contributed by atoms with E-state index in [4.69, 9.17) is 0 Å². The first-order valence-corrected chi connectivity index (χ1v) is 9.79. The fourth-order valence-electron chi connectivity index (χ4n) is 3.75. The third-order valence-electron chi connectivity index (χ3n) is 5.32. The van der Waals surface area contributed by atoms with Crippen molar-refractivity contribution in [2.75, 3.05) is 31.1 Å². The highest BCUT2D eigenvalue weighted by molar-refractivity contribution is 5.94. The Hall–Kier alpha value is -3.08. The first-order chi connectivity index (χ1) is 13.6. The fraction of sp³-hybridized carbons (Fsp3) is 0.304. The Morgan fingerprint density at radius 3 is 2.21 bits per heavy atom. The van der Waals surface area contributed by atoms with E-state index in [1.54, 1.807) is 0 Å². The van der Waals surface area contributed by atoms with Gasteiger partial charge in [0.15, 0.2) is 0 Å². The van der Waals surface area contributed by atoms with Gasteiger partial charge >= 0.3 is 0 Å². The average molecular weight is 374 g/mol. The van der Waals surface area contributed by atoms with Gasteiger partial charge in [-0.2, -0.15) is 5.10 Å². The lowest BCUT2D eigenvalue weighted by Gasteiger charge is -2.36. The second kappa shape index (κ2) is 7.89. The quantitative estimate of drug-likeness (QED) is 0.702. The molecular weight excluding hydrogens is 348 g/mol. The number of hydrogen-bond donors (Lipinski definition) is 0. The van der Waals surface area contributed by atoms with Crippen LogP contribution in [0.4, 0.5) is 5.69 Å². The molecule has 0 saturated carbocycles. The minimum atomic E-state index is 0.116. The van der Waals surface area contributed by atoms with Crippen molar-refractivity contribution in [1.29, 1.82) is 0 Å². The number of amides is 1. The smallest absolute Gasteiger partial charge is 0.253 e. The maximum absolute atomic E-state index is 12.9. The summed E-state index contributed by atoms with van der Waals surface area (Å²) in [5, 5.41) is 4.51. The Labute approximate surface area is 166 Å². The first-order valence-electron chi connectivity index (χ1n) is 9.79. The minimum Gasteiger partial charge on any atom is -0.368 e. The van der Waals surface area contributed by atoms with Crippen molar-refractivity contribution in [1.82, 2.24) is 14.7 Å². The van der Waals surface area contributed by atoms with Crippen LogP contribution in [0.3, 0.4) is 0 Å². The third-order valence-corrected chi connectivity index (χ3v) is 5.32. The molecule has 2 aromatic carbocycles. The van der Waals surface area contributed by atoms with E-state index >= 15 is 0 Å². The van der Waals surface area contributed by atoms with E-state index < -0.39 is 0 Å². The second-order valence-corrected chi connectivity index (χ2v) is 7.40. The molecule has 0 bridgehead atoms. The molecule has 0 aliphatic carbocycles. The molecule has 144 valence electrons. The number of benzene rings is 2. The molecular formula is C23H26N4O. The molecule has 0 spiro atoms. The monoisotopic (exact) mass is 374 g/mol. The van der Waals surface area contributed by atoms with E-state index in [2.05, 4.69) is 47.3 Å². The van der Waals surface area contributed by atoms with Gasteiger partial charge < -0.3 is 9.80 Å². The van der Waals surface area contributed by atoms with Crippen molar-refractivity contribution in [3.8, 4) is 0 Å². The van der Waals surface area contributed by atoms with Gasteiger partial charge in [0.05, 0.1) is 12.2 Å². The molecule has 1 aliphatic rings. The summed E-state index contributed by atoms with van der Waals surface area (Å²) < 4.78 is 2.00. The van der Waals surface area contributed by atoms with Crippen LogP contribution in [0.1, 0.15) is 27.3 Å². The summed E-state index contributed by atoms with van der Waals surface area (Å²) in [6, 6.07) is 20.4. The van der Waals surface area contributed by atoms with Crippen LogP contribution in [0.2, 0.25) is 0 Å². The van der Waals surface area contributed by atoms with Crippen LogP contribution in [-0.4, -0.2) is 46.8 Å². The Balaban J connectivity index is 1.37. The second-order valence-electron chi connectivity index (χ2n) is 7.40. The Bertz CT molecular complexity index is 938. The molecule has 1 aliphatic heterocycles. The molecule has 0 N–H and O–H groups in total. The summed E-state index contributed by atoms with van der Waals surface area (Å²) >= 11 is 0.